The summed E-state index contributed by atoms with van der Waals surface area (Å²) in [4.78, 5) is 0.311. The maximum absolute atomic E-state index is 12.4. The van der Waals surface area contributed by atoms with E-state index < -0.39 is 10.0 Å². The van der Waals surface area contributed by atoms with Crippen LogP contribution in [0.25, 0.3) is 0 Å². The Balaban J connectivity index is 2.26. The van der Waals surface area contributed by atoms with E-state index in [1.165, 1.54) is 4.31 Å². The Bertz CT molecular complexity index is 516. The van der Waals surface area contributed by atoms with Crippen LogP contribution in [0.15, 0.2) is 29.2 Å². The molecule has 1 fully saturated rings. The van der Waals surface area contributed by atoms with Crippen molar-refractivity contribution in [2.24, 2.45) is 5.73 Å². The summed E-state index contributed by atoms with van der Waals surface area (Å²) in [5.74, 6) is 0. The van der Waals surface area contributed by atoms with Crippen molar-refractivity contribution in [2.45, 2.75) is 24.0 Å². The predicted molar refractivity (Wildman–Crippen MR) is 68.5 cm³/mol. The van der Waals surface area contributed by atoms with Crippen molar-refractivity contribution in [2.75, 3.05) is 20.2 Å². The van der Waals surface area contributed by atoms with E-state index in [0.29, 0.717) is 24.6 Å². The van der Waals surface area contributed by atoms with E-state index in [1.54, 1.807) is 25.3 Å². The summed E-state index contributed by atoms with van der Waals surface area (Å²) in [5.41, 5.74) is 6.60. The fourth-order valence-corrected chi connectivity index (χ4v) is 3.67. The van der Waals surface area contributed by atoms with Crippen molar-refractivity contribution >= 4 is 10.0 Å². The Morgan fingerprint density at radius 3 is 2.89 bits per heavy atom. The highest BCUT2D eigenvalue weighted by Gasteiger charge is 2.30. The van der Waals surface area contributed by atoms with E-state index in [2.05, 4.69) is 0 Å². The summed E-state index contributed by atoms with van der Waals surface area (Å²) < 4.78 is 31.2. The van der Waals surface area contributed by atoms with Crippen LogP contribution in [0.4, 0.5) is 0 Å². The summed E-state index contributed by atoms with van der Waals surface area (Å²) in [6, 6.07) is 6.79. The highest BCUT2D eigenvalue weighted by atomic mass is 32.2. The second kappa shape index (κ2) is 5.36. The van der Waals surface area contributed by atoms with Crippen molar-refractivity contribution in [3.63, 3.8) is 0 Å². The van der Waals surface area contributed by atoms with E-state index in [-0.39, 0.29) is 6.04 Å². The van der Waals surface area contributed by atoms with Crippen LogP contribution in [0, 0.1) is 0 Å². The van der Waals surface area contributed by atoms with Crippen LogP contribution in [-0.4, -0.2) is 39.0 Å². The average molecular weight is 270 g/mol. The van der Waals surface area contributed by atoms with E-state index in [0.717, 1.165) is 12.0 Å². The number of nitrogens with two attached hydrogens (primary N) is 1. The highest BCUT2D eigenvalue weighted by molar-refractivity contribution is 7.89. The number of benzene rings is 1. The summed E-state index contributed by atoms with van der Waals surface area (Å²) in [6.07, 6.45) is 0.719. The molecule has 5 nitrogen and oxygen atoms in total. The van der Waals surface area contributed by atoms with Crippen molar-refractivity contribution in [1.82, 2.24) is 4.31 Å². The van der Waals surface area contributed by atoms with Gasteiger partial charge in [-0.25, -0.2) is 8.42 Å². The van der Waals surface area contributed by atoms with E-state index in [1.807, 2.05) is 6.07 Å². The van der Waals surface area contributed by atoms with Crippen LogP contribution in [0.2, 0.25) is 0 Å². The highest BCUT2D eigenvalue weighted by Crippen LogP contribution is 2.21. The molecule has 1 saturated heterocycles. The first kappa shape index (κ1) is 13.5. The Morgan fingerprint density at radius 2 is 2.28 bits per heavy atom. The molecule has 1 heterocycles. The van der Waals surface area contributed by atoms with Crippen molar-refractivity contribution < 1.29 is 13.2 Å². The lowest BCUT2D eigenvalue weighted by Crippen LogP contribution is -2.32. The molecule has 0 amide bonds. The molecule has 6 heteroatoms. The van der Waals surface area contributed by atoms with Gasteiger partial charge in [0.05, 0.1) is 11.5 Å². The van der Waals surface area contributed by atoms with Crippen LogP contribution >= 0.6 is 0 Å². The van der Waals surface area contributed by atoms with Gasteiger partial charge in [0, 0.05) is 26.2 Å². The minimum Gasteiger partial charge on any atom is -0.380 e. The predicted octanol–water partition coefficient (Wildman–Crippen LogP) is 0.555. The third-order valence-corrected chi connectivity index (χ3v) is 4.90. The number of sulfonamides is 1. The van der Waals surface area contributed by atoms with Gasteiger partial charge in [0.2, 0.25) is 10.0 Å². The van der Waals surface area contributed by atoms with Gasteiger partial charge >= 0.3 is 0 Å². The number of methoxy groups -OCH3 is 1. The van der Waals surface area contributed by atoms with Gasteiger partial charge < -0.3 is 10.5 Å². The van der Waals surface area contributed by atoms with Crippen LogP contribution < -0.4 is 5.73 Å². The monoisotopic (exact) mass is 270 g/mol. The molecule has 0 aliphatic carbocycles. The molecule has 0 bridgehead atoms. The van der Waals surface area contributed by atoms with Gasteiger partial charge in [0.25, 0.3) is 0 Å². The van der Waals surface area contributed by atoms with Crippen LogP contribution in [-0.2, 0) is 21.4 Å². The molecule has 0 unspecified atom stereocenters. The lowest BCUT2D eigenvalue weighted by atomic mass is 10.2. The molecule has 100 valence electrons. The molecular weight excluding hydrogens is 252 g/mol. The molecule has 1 aromatic carbocycles. The minimum absolute atomic E-state index is 0.0538. The molecule has 2 rings (SSSR count). The number of hydrogen-bond acceptors (Lipinski definition) is 4. The van der Waals surface area contributed by atoms with Gasteiger partial charge in [-0.2, -0.15) is 4.31 Å². The van der Waals surface area contributed by atoms with Gasteiger partial charge in [-0.3, -0.25) is 0 Å². The third kappa shape index (κ3) is 2.72. The zero-order valence-corrected chi connectivity index (χ0v) is 11.2. The summed E-state index contributed by atoms with van der Waals surface area (Å²) in [7, 11) is -1.83. The Kier molecular flexibility index (Phi) is 4.01. The van der Waals surface area contributed by atoms with E-state index >= 15 is 0 Å². The molecule has 0 saturated carbocycles. The molecule has 0 spiro atoms. The number of nitrogens with zero attached hydrogens (tertiary/aromatic N) is 1. The lowest BCUT2D eigenvalue weighted by Gasteiger charge is -2.16. The lowest BCUT2D eigenvalue weighted by molar-refractivity contribution is 0.184. The standard InChI is InChI=1S/C12H18N2O3S/c1-17-9-10-3-2-4-12(7-10)18(15,16)14-6-5-11(13)8-14/h2-4,7,11H,5-6,8-9,13H2,1H3/t11-/m0/s1. The summed E-state index contributed by atoms with van der Waals surface area (Å²) >= 11 is 0. The Labute approximate surface area is 108 Å². The van der Waals surface area contributed by atoms with E-state index in [9.17, 15) is 8.42 Å². The molecule has 1 aromatic rings. The Morgan fingerprint density at radius 1 is 1.50 bits per heavy atom. The number of ether oxygens (including phenoxy) is 1. The molecular formula is C12H18N2O3S. The maximum atomic E-state index is 12.4. The zero-order valence-electron chi connectivity index (χ0n) is 10.4. The SMILES string of the molecule is COCc1cccc(S(=O)(=O)N2CC[C@H](N)C2)c1. The van der Waals surface area contributed by atoms with Crippen molar-refractivity contribution in [1.29, 1.82) is 0 Å². The largest absolute Gasteiger partial charge is 0.380 e. The van der Waals surface area contributed by atoms with Crippen molar-refractivity contribution in [3.8, 4) is 0 Å². The quantitative estimate of drug-likeness (QED) is 0.867. The first-order chi connectivity index (χ1) is 8.54. The first-order valence-corrected chi connectivity index (χ1v) is 7.31. The molecule has 1 atom stereocenters. The fraction of sp³-hybridized carbons (Fsp3) is 0.500. The molecule has 1 aliphatic heterocycles. The summed E-state index contributed by atoms with van der Waals surface area (Å²) in [6.45, 7) is 1.30. The molecule has 1 aliphatic rings. The Hall–Kier alpha value is -0.950. The molecule has 2 N–H and O–H groups in total. The maximum Gasteiger partial charge on any atom is 0.243 e. The normalized spacial score (nSPS) is 21.3. The van der Waals surface area contributed by atoms with Crippen molar-refractivity contribution in [3.05, 3.63) is 29.8 Å². The second-order valence-electron chi connectivity index (χ2n) is 4.49. The van der Waals surface area contributed by atoms with Gasteiger partial charge in [-0.05, 0) is 24.1 Å². The third-order valence-electron chi connectivity index (χ3n) is 3.03. The molecule has 0 aromatic heterocycles. The number of rotatable bonds is 4. The van der Waals surface area contributed by atoms with Gasteiger partial charge in [-0.1, -0.05) is 12.1 Å². The number of hydrogen-bond donors (Lipinski definition) is 1. The van der Waals surface area contributed by atoms with Gasteiger partial charge in [-0.15, -0.1) is 0 Å². The van der Waals surface area contributed by atoms with Crippen LogP contribution in [0.1, 0.15) is 12.0 Å². The van der Waals surface area contributed by atoms with Crippen LogP contribution in [0.3, 0.4) is 0 Å². The summed E-state index contributed by atoms with van der Waals surface area (Å²) in [5, 5.41) is 0. The second-order valence-corrected chi connectivity index (χ2v) is 6.43. The fourth-order valence-electron chi connectivity index (χ4n) is 2.08. The smallest absolute Gasteiger partial charge is 0.243 e. The minimum atomic E-state index is -3.41. The average Bonchev–Trinajstić information content (AvgIpc) is 2.77. The first-order valence-electron chi connectivity index (χ1n) is 5.87. The van der Waals surface area contributed by atoms with Gasteiger partial charge in [0.15, 0.2) is 0 Å². The molecule has 18 heavy (non-hydrogen) atoms. The molecule has 0 radical (unpaired) electrons. The topological polar surface area (TPSA) is 72.6 Å². The van der Waals surface area contributed by atoms with E-state index in [4.69, 9.17) is 10.5 Å². The zero-order chi connectivity index (χ0) is 13.2. The van der Waals surface area contributed by atoms with Gasteiger partial charge in [0.1, 0.15) is 0 Å². The van der Waals surface area contributed by atoms with Crippen LogP contribution in [0.5, 0.6) is 0 Å².